The molecule has 0 saturated heterocycles. The molecule has 0 aliphatic rings. The Hall–Kier alpha value is -1.09. The van der Waals surface area contributed by atoms with Gasteiger partial charge in [-0.15, -0.1) is 11.3 Å². The number of hydrogen-bond donors (Lipinski definition) is 0. The van der Waals surface area contributed by atoms with Crippen LogP contribution in [0.2, 0.25) is 0 Å². The third-order valence-corrected chi connectivity index (χ3v) is 3.23. The lowest BCUT2D eigenvalue weighted by atomic mass is 10.1. The summed E-state index contributed by atoms with van der Waals surface area (Å²) in [6.45, 7) is 2.17. The Kier molecular flexibility index (Phi) is 2.68. The lowest BCUT2D eigenvalue weighted by molar-refractivity contribution is 0.359. The Balaban J connectivity index is 2.45. The molecule has 2 nitrogen and oxygen atoms in total. The summed E-state index contributed by atoms with van der Waals surface area (Å²) in [4.78, 5) is 4.09. The molecule has 0 bridgehead atoms. The van der Waals surface area contributed by atoms with Crippen molar-refractivity contribution in [3.8, 4) is 5.75 Å². The Morgan fingerprint density at radius 2 is 2.29 bits per heavy atom. The Morgan fingerprint density at radius 3 is 3.07 bits per heavy atom. The number of thiazole rings is 1. The molecule has 3 heteroatoms. The molecule has 2 aromatic rings. The summed E-state index contributed by atoms with van der Waals surface area (Å²) in [6.07, 6.45) is 3.40. The summed E-state index contributed by atoms with van der Waals surface area (Å²) in [6, 6.07) is 3.57. The van der Waals surface area contributed by atoms with E-state index in [1.165, 1.54) is 18.4 Å². The van der Waals surface area contributed by atoms with Crippen LogP contribution in [0.3, 0.4) is 0 Å². The van der Waals surface area contributed by atoms with Crippen molar-refractivity contribution in [1.82, 2.24) is 4.98 Å². The number of rotatable bonds is 3. The maximum atomic E-state index is 11.4. The van der Waals surface area contributed by atoms with Gasteiger partial charge in [0.05, 0.1) is 10.2 Å². The minimum atomic E-state index is 0.0431. The number of unbranched alkanes of at least 4 members (excludes halogenated alkanes) is 1. The number of nitrogens with zero attached hydrogens (tertiary/aromatic N) is 1. The third-order valence-electron chi connectivity index (χ3n) is 2.33. The van der Waals surface area contributed by atoms with Gasteiger partial charge < -0.3 is 0 Å². The molecule has 0 aliphatic carbocycles. The van der Waals surface area contributed by atoms with Gasteiger partial charge in [0.2, 0.25) is 5.75 Å². The van der Waals surface area contributed by atoms with Gasteiger partial charge in [-0.25, -0.2) is 4.98 Å². The van der Waals surface area contributed by atoms with E-state index in [1.54, 1.807) is 22.9 Å². The molecule has 14 heavy (non-hydrogen) atoms. The zero-order valence-electron chi connectivity index (χ0n) is 8.12. The molecule has 1 radical (unpaired) electrons. The molecular formula is C11H12NOS. The highest BCUT2D eigenvalue weighted by molar-refractivity contribution is 7.17. The van der Waals surface area contributed by atoms with Gasteiger partial charge in [-0.3, -0.25) is 5.11 Å². The van der Waals surface area contributed by atoms with Crippen LogP contribution < -0.4 is 0 Å². The minimum absolute atomic E-state index is 0.0431. The van der Waals surface area contributed by atoms with Crippen LogP contribution in [-0.2, 0) is 11.5 Å². The van der Waals surface area contributed by atoms with Crippen LogP contribution >= 0.6 is 11.3 Å². The largest absolute Gasteiger partial charge is 0.287 e. The summed E-state index contributed by atoms with van der Waals surface area (Å²) in [5.74, 6) is 0.0431. The van der Waals surface area contributed by atoms with Crippen LogP contribution in [0.5, 0.6) is 5.75 Å². The molecule has 1 aromatic carbocycles. The van der Waals surface area contributed by atoms with Gasteiger partial charge >= 0.3 is 0 Å². The average molecular weight is 206 g/mol. The number of aryl methyl sites for hydroxylation is 1. The fourth-order valence-electron chi connectivity index (χ4n) is 1.54. The SMILES string of the molecule is CCCCc1ccc([O])c2ncsc12. The van der Waals surface area contributed by atoms with Crippen LogP contribution in [0.4, 0.5) is 0 Å². The standard InChI is InChI=1S/C11H12NOS/c1-2-3-4-8-5-6-9(13)10-11(8)14-7-12-10/h5-7H,2-4H2,1H3. The quantitative estimate of drug-likeness (QED) is 0.752. The highest BCUT2D eigenvalue weighted by atomic mass is 32.1. The third kappa shape index (κ3) is 1.60. The van der Waals surface area contributed by atoms with Crippen molar-refractivity contribution in [2.75, 3.05) is 0 Å². The van der Waals surface area contributed by atoms with Gasteiger partial charge in [-0.05, 0) is 24.5 Å². The lowest BCUT2D eigenvalue weighted by Crippen LogP contribution is -1.84. The molecule has 2 rings (SSSR count). The van der Waals surface area contributed by atoms with E-state index in [-0.39, 0.29) is 5.75 Å². The topological polar surface area (TPSA) is 32.8 Å². The highest BCUT2D eigenvalue weighted by Gasteiger charge is 2.08. The van der Waals surface area contributed by atoms with Crippen molar-refractivity contribution < 1.29 is 5.11 Å². The molecule has 0 fully saturated rings. The maximum Gasteiger partial charge on any atom is 0.205 e. The summed E-state index contributed by atoms with van der Waals surface area (Å²) in [7, 11) is 0. The van der Waals surface area contributed by atoms with E-state index in [0.717, 1.165) is 11.1 Å². The van der Waals surface area contributed by atoms with Crippen LogP contribution in [0, 0.1) is 0 Å². The second-order valence-corrected chi connectivity index (χ2v) is 4.21. The van der Waals surface area contributed by atoms with Crippen LogP contribution in [0.15, 0.2) is 17.6 Å². The van der Waals surface area contributed by atoms with Gasteiger partial charge in [0.15, 0.2) is 0 Å². The molecule has 0 unspecified atom stereocenters. The summed E-state index contributed by atoms with van der Waals surface area (Å²) >= 11 is 1.57. The predicted octanol–water partition coefficient (Wildman–Crippen LogP) is 3.78. The predicted molar refractivity (Wildman–Crippen MR) is 58.4 cm³/mol. The molecule has 0 atom stereocenters. The Labute approximate surface area is 87.2 Å². The smallest absolute Gasteiger partial charge is 0.205 e. The van der Waals surface area contributed by atoms with E-state index >= 15 is 0 Å². The van der Waals surface area contributed by atoms with Gasteiger partial charge in [-0.2, -0.15) is 0 Å². The van der Waals surface area contributed by atoms with Crippen LogP contribution in [-0.4, -0.2) is 4.98 Å². The monoisotopic (exact) mass is 206 g/mol. The van der Waals surface area contributed by atoms with E-state index in [4.69, 9.17) is 0 Å². The number of benzene rings is 1. The second kappa shape index (κ2) is 3.96. The van der Waals surface area contributed by atoms with Crippen molar-refractivity contribution in [3.05, 3.63) is 23.2 Å². The first-order chi connectivity index (χ1) is 6.83. The normalized spacial score (nSPS) is 10.9. The molecule has 1 heterocycles. The van der Waals surface area contributed by atoms with Crippen molar-refractivity contribution in [3.63, 3.8) is 0 Å². The summed E-state index contributed by atoms with van der Waals surface area (Å²) < 4.78 is 1.07. The van der Waals surface area contributed by atoms with Crippen molar-refractivity contribution >= 4 is 21.6 Å². The minimum Gasteiger partial charge on any atom is -0.287 e. The van der Waals surface area contributed by atoms with Gasteiger partial charge in [0.1, 0.15) is 5.52 Å². The highest BCUT2D eigenvalue weighted by Crippen LogP contribution is 2.30. The Morgan fingerprint density at radius 1 is 1.43 bits per heavy atom. The maximum absolute atomic E-state index is 11.4. The first-order valence-electron chi connectivity index (χ1n) is 4.85. The van der Waals surface area contributed by atoms with Gasteiger partial charge in [-0.1, -0.05) is 19.4 Å². The zero-order chi connectivity index (χ0) is 9.97. The fraction of sp³-hybridized carbons (Fsp3) is 0.364. The molecule has 0 aliphatic heterocycles. The summed E-state index contributed by atoms with van der Waals surface area (Å²) in [5.41, 5.74) is 3.66. The van der Waals surface area contributed by atoms with Gasteiger partial charge in [0, 0.05) is 0 Å². The number of fused-ring (bicyclic) bond motifs is 1. The van der Waals surface area contributed by atoms with E-state index < -0.39 is 0 Å². The first kappa shape index (κ1) is 9.46. The van der Waals surface area contributed by atoms with Crippen LogP contribution in [0.1, 0.15) is 25.3 Å². The lowest BCUT2D eigenvalue weighted by Gasteiger charge is -2.00. The van der Waals surface area contributed by atoms with E-state index in [2.05, 4.69) is 11.9 Å². The summed E-state index contributed by atoms with van der Waals surface area (Å²) in [5, 5.41) is 11.4. The molecule has 0 spiro atoms. The van der Waals surface area contributed by atoms with Crippen molar-refractivity contribution in [1.29, 1.82) is 0 Å². The van der Waals surface area contributed by atoms with E-state index in [0.29, 0.717) is 5.52 Å². The first-order valence-corrected chi connectivity index (χ1v) is 5.73. The zero-order valence-corrected chi connectivity index (χ0v) is 8.93. The Bertz CT molecular complexity index is 436. The molecule has 0 amide bonds. The molecule has 1 aromatic heterocycles. The average Bonchev–Trinajstić information content (AvgIpc) is 2.66. The van der Waals surface area contributed by atoms with Crippen LogP contribution in [0.25, 0.3) is 10.2 Å². The molecule has 73 valence electrons. The van der Waals surface area contributed by atoms with E-state index in [9.17, 15) is 5.11 Å². The number of hydrogen-bond acceptors (Lipinski definition) is 2. The van der Waals surface area contributed by atoms with Gasteiger partial charge in [0.25, 0.3) is 0 Å². The fourth-order valence-corrected chi connectivity index (χ4v) is 2.39. The van der Waals surface area contributed by atoms with E-state index in [1.807, 2.05) is 6.07 Å². The molecule has 0 N–H and O–H groups in total. The second-order valence-electron chi connectivity index (χ2n) is 3.36. The number of aromatic nitrogens is 1. The molecule has 0 saturated carbocycles. The van der Waals surface area contributed by atoms with Crippen molar-refractivity contribution in [2.45, 2.75) is 26.2 Å². The van der Waals surface area contributed by atoms with Crippen molar-refractivity contribution in [2.24, 2.45) is 0 Å². The molecular weight excluding hydrogens is 194 g/mol.